The van der Waals surface area contributed by atoms with Crippen LogP contribution < -0.4 is 10.0 Å². The van der Waals surface area contributed by atoms with Gasteiger partial charge in [-0.25, -0.2) is 18.1 Å². The predicted octanol–water partition coefficient (Wildman–Crippen LogP) is 2.50. The highest BCUT2D eigenvalue weighted by Gasteiger charge is 2.12. The van der Waals surface area contributed by atoms with Gasteiger partial charge in [0.1, 0.15) is 0 Å². The second kappa shape index (κ2) is 9.53. The average Bonchev–Trinajstić information content (AvgIpc) is 2.67. The van der Waals surface area contributed by atoms with E-state index in [1.54, 1.807) is 18.2 Å². The number of aryl methyl sites for hydroxylation is 1. The van der Waals surface area contributed by atoms with E-state index in [2.05, 4.69) is 51.1 Å². The molecule has 0 heterocycles. The number of hydrogen-bond acceptors (Lipinski definition) is 3. The van der Waals surface area contributed by atoms with Gasteiger partial charge >= 0.3 is 0 Å². The summed E-state index contributed by atoms with van der Waals surface area (Å²) >= 11 is 0. The molecule has 0 bridgehead atoms. The number of nitrogens with one attached hydrogen (secondary N) is 2. The molecular formula is C20H28N4O2S. The number of sulfonamides is 1. The first kappa shape index (κ1) is 20.9. The number of nitrogens with zero attached hydrogens (tertiary/aromatic N) is 2. The van der Waals surface area contributed by atoms with Crippen molar-refractivity contribution in [3.63, 3.8) is 0 Å². The van der Waals surface area contributed by atoms with Gasteiger partial charge in [0, 0.05) is 20.1 Å². The zero-order chi connectivity index (χ0) is 19.9. The van der Waals surface area contributed by atoms with Crippen LogP contribution in [0.1, 0.15) is 23.6 Å². The lowest BCUT2D eigenvalue weighted by Crippen LogP contribution is -2.38. The molecule has 2 aromatic carbocycles. The molecule has 27 heavy (non-hydrogen) atoms. The SMILES string of the molecule is CCNC(=NCc1cccc(S(=O)(=O)NC)c1)N(C)Cc1ccc(C)cc1. The molecule has 0 atom stereocenters. The van der Waals surface area contributed by atoms with Crippen molar-refractivity contribution in [3.8, 4) is 0 Å². The summed E-state index contributed by atoms with van der Waals surface area (Å²) in [5, 5.41) is 3.29. The Balaban J connectivity index is 2.15. The summed E-state index contributed by atoms with van der Waals surface area (Å²) in [6, 6.07) is 15.3. The highest BCUT2D eigenvalue weighted by molar-refractivity contribution is 7.89. The van der Waals surface area contributed by atoms with Gasteiger partial charge in [-0.15, -0.1) is 0 Å². The summed E-state index contributed by atoms with van der Waals surface area (Å²) in [6.07, 6.45) is 0. The lowest BCUT2D eigenvalue weighted by molar-refractivity contribution is 0.476. The van der Waals surface area contributed by atoms with Crippen molar-refractivity contribution >= 4 is 16.0 Å². The van der Waals surface area contributed by atoms with Gasteiger partial charge in [0.15, 0.2) is 5.96 Å². The van der Waals surface area contributed by atoms with Gasteiger partial charge in [0.25, 0.3) is 0 Å². The van der Waals surface area contributed by atoms with Crippen LogP contribution in [0.5, 0.6) is 0 Å². The van der Waals surface area contributed by atoms with Crippen LogP contribution in [0.4, 0.5) is 0 Å². The van der Waals surface area contributed by atoms with Crippen LogP contribution in [0.3, 0.4) is 0 Å². The highest BCUT2D eigenvalue weighted by Crippen LogP contribution is 2.12. The fraction of sp³-hybridized carbons (Fsp3) is 0.350. The van der Waals surface area contributed by atoms with Gasteiger partial charge in [0.2, 0.25) is 10.0 Å². The van der Waals surface area contributed by atoms with Crippen LogP contribution in [0.25, 0.3) is 0 Å². The minimum absolute atomic E-state index is 0.246. The van der Waals surface area contributed by atoms with E-state index in [1.165, 1.54) is 18.2 Å². The van der Waals surface area contributed by atoms with E-state index >= 15 is 0 Å². The molecule has 0 aromatic heterocycles. The first-order valence-electron chi connectivity index (χ1n) is 8.93. The molecule has 2 aromatic rings. The topological polar surface area (TPSA) is 73.8 Å². The third-order valence-corrected chi connectivity index (χ3v) is 5.54. The first-order valence-corrected chi connectivity index (χ1v) is 10.4. The molecule has 0 aliphatic heterocycles. The summed E-state index contributed by atoms with van der Waals surface area (Å²) in [7, 11) is -0.0590. The maximum Gasteiger partial charge on any atom is 0.240 e. The number of guanidine groups is 1. The molecule has 0 unspecified atom stereocenters. The second-order valence-electron chi connectivity index (χ2n) is 6.37. The normalized spacial score (nSPS) is 12.1. The molecule has 0 fully saturated rings. The van der Waals surface area contributed by atoms with Crippen molar-refractivity contribution in [2.75, 3.05) is 20.6 Å². The summed E-state index contributed by atoms with van der Waals surface area (Å²) in [4.78, 5) is 6.97. The molecule has 0 saturated carbocycles. The third kappa shape index (κ3) is 6.08. The van der Waals surface area contributed by atoms with Crippen molar-refractivity contribution in [1.82, 2.24) is 14.9 Å². The molecule has 0 aliphatic rings. The van der Waals surface area contributed by atoms with E-state index in [0.29, 0.717) is 6.54 Å². The van der Waals surface area contributed by atoms with Gasteiger partial charge in [-0.3, -0.25) is 0 Å². The maximum atomic E-state index is 12.0. The van der Waals surface area contributed by atoms with Crippen molar-refractivity contribution < 1.29 is 8.42 Å². The lowest BCUT2D eigenvalue weighted by atomic mass is 10.1. The van der Waals surface area contributed by atoms with E-state index in [1.807, 2.05) is 20.0 Å². The largest absolute Gasteiger partial charge is 0.357 e. The van der Waals surface area contributed by atoms with Gasteiger partial charge < -0.3 is 10.2 Å². The van der Waals surface area contributed by atoms with Crippen molar-refractivity contribution in [2.24, 2.45) is 4.99 Å². The van der Waals surface area contributed by atoms with E-state index in [-0.39, 0.29) is 4.90 Å². The molecule has 0 saturated heterocycles. The molecule has 7 heteroatoms. The Morgan fingerprint density at radius 1 is 1.11 bits per heavy atom. The number of hydrogen-bond donors (Lipinski definition) is 2. The zero-order valence-electron chi connectivity index (χ0n) is 16.4. The fourth-order valence-electron chi connectivity index (χ4n) is 2.61. The van der Waals surface area contributed by atoms with Crippen LogP contribution >= 0.6 is 0 Å². The third-order valence-electron chi connectivity index (χ3n) is 4.13. The van der Waals surface area contributed by atoms with Gasteiger partial charge in [-0.05, 0) is 44.2 Å². The summed E-state index contributed by atoms with van der Waals surface area (Å²) in [5.74, 6) is 0.778. The standard InChI is InChI=1S/C20H28N4O2S/c1-5-22-20(24(4)15-17-11-9-16(2)10-12-17)23-14-18-7-6-8-19(13-18)27(25,26)21-3/h6-13,21H,5,14-15H2,1-4H3,(H,22,23). The van der Waals surface area contributed by atoms with Crippen LogP contribution in [-0.4, -0.2) is 39.9 Å². The van der Waals surface area contributed by atoms with Crippen LogP contribution in [0, 0.1) is 6.92 Å². The Kier molecular flexibility index (Phi) is 7.38. The molecule has 0 aliphatic carbocycles. The van der Waals surface area contributed by atoms with Crippen molar-refractivity contribution in [2.45, 2.75) is 31.8 Å². The Bertz CT molecular complexity index is 877. The second-order valence-corrected chi connectivity index (χ2v) is 8.25. The molecule has 0 spiro atoms. The predicted molar refractivity (Wildman–Crippen MR) is 110 cm³/mol. The lowest BCUT2D eigenvalue weighted by Gasteiger charge is -2.22. The Hall–Kier alpha value is -2.38. The van der Waals surface area contributed by atoms with Gasteiger partial charge in [-0.1, -0.05) is 42.0 Å². The fourth-order valence-corrected chi connectivity index (χ4v) is 3.41. The molecule has 0 amide bonds. The van der Waals surface area contributed by atoms with E-state index in [4.69, 9.17) is 0 Å². The number of rotatable bonds is 7. The Labute approximate surface area is 162 Å². The molecule has 0 radical (unpaired) electrons. The van der Waals surface area contributed by atoms with E-state index < -0.39 is 10.0 Å². The van der Waals surface area contributed by atoms with E-state index in [0.717, 1.165) is 24.6 Å². The van der Waals surface area contributed by atoms with Crippen LogP contribution in [-0.2, 0) is 23.1 Å². The molecule has 2 N–H and O–H groups in total. The number of benzene rings is 2. The monoisotopic (exact) mass is 388 g/mol. The average molecular weight is 389 g/mol. The quantitative estimate of drug-likeness (QED) is 0.565. The maximum absolute atomic E-state index is 12.0. The minimum atomic E-state index is -3.45. The van der Waals surface area contributed by atoms with Crippen molar-refractivity contribution in [3.05, 3.63) is 65.2 Å². The summed E-state index contributed by atoms with van der Waals surface area (Å²) in [6.45, 7) is 5.98. The van der Waals surface area contributed by atoms with Crippen LogP contribution in [0.15, 0.2) is 58.4 Å². The van der Waals surface area contributed by atoms with Crippen molar-refractivity contribution in [1.29, 1.82) is 0 Å². The molecule has 146 valence electrons. The highest BCUT2D eigenvalue weighted by atomic mass is 32.2. The summed E-state index contributed by atoms with van der Waals surface area (Å²) in [5.41, 5.74) is 3.28. The Morgan fingerprint density at radius 3 is 2.44 bits per heavy atom. The number of aliphatic imine (C=N–C) groups is 1. The first-order chi connectivity index (χ1) is 12.9. The van der Waals surface area contributed by atoms with E-state index in [9.17, 15) is 8.42 Å². The zero-order valence-corrected chi connectivity index (χ0v) is 17.2. The Morgan fingerprint density at radius 2 is 1.81 bits per heavy atom. The minimum Gasteiger partial charge on any atom is -0.357 e. The van der Waals surface area contributed by atoms with Gasteiger partial charge in [0.05, 0.1) is 11.4 Å². The molecule has 2 rings (SSSR count). The van der Waals surface area contributed by atoms with Crippen LogP contribution in [0.2, 0.25) is 0 Å². The smallest absolute Gasteiger partial charge is 0.240 e. The summed E-state index contributed by atoms with van der Waals surface area (Å²) < 4.78 is 26.3. The molecule has 6 nitrogen and oxygen atoms in total. The molecular weight excluding hydrogens is 360 g/mol. The van der Waals surface area contributed by atoms with Gasteiger partial charge in [-0.2, -0.15) is 0 Å².